The number of carbonyl (C=O) groups is 2. The molecule has 88 valence electrons. The first-order chi connectivity index (χ1) is 7.08. The van der Waals surface area contributed by atoms with E-state index in [9.17, 15) is 9.59 Å². The summed E-state index contributed by atoms with van der Waals surface area (Å²) in [6.45, 7) is 6.90. The predicted octanol–water partition coefficient (Wildman–Crippen LogP) is 0.135. The minimum atomic E-state index is -1.18. The number of nitrogens with two attached hydrogens (primary N) is 1. The highest BCUT2D eigenvalue weighted by atomic mass is 16.5. The van der Waals surface area contributed by atoms with Crippen LogP contribution in [0, 0.1) is 0 Å². The van der Waals surface area contributed by atoms with Gasteiger partial charge < -0.3 is 15.4 Å². The van der Waals surface area contributed by atoms with Crippen molar-refractivity contribution in [2.45, 2.75) is 33.2 Å². The van der Waals surface area contributed by atoms with Gasteiger partial charge in [0.15, 0.2) is 6.04 Å². The molecule has 0 heterocycles. The van der Waals surface area contributed by atoms with Crippen LogP contribution in [0.25, 0.3) is 0 Å². The van der Waals surface area contributed by atoms with E-state index < -0.39 is 12.0 Å². The van der Waals surface area contributed by atoms with E-state index in [0.717, 1.165) is 6.42 Å². The normalized spacial score (nSPS) is 12.0. The summed E-state index contributed by atoms with van der Waals surface area (Å²) in [4.78, 5) is 24.5. The Hall–Kier alpha value is -1.10. The smallest absolute Gasteiger partial charge is 0.332 e. The largest absolute Gasteiger partial charge is 0.464 e. The van der Waals surface area contributed by atoms with E-state index in [1.807, 2.05) is 13.8 Å². The zero-order valence-electron chi connectivity index (χ0n) is 9.66. The van der Waals surface area contributed by atoms with Crippen molar-refractivity contribution in [1.29, 1.82) is 0 Å². The Labute approximate surface area is 90.6 Å². The second-order valence-electron chi connectivity index (χ2n) is 3.15. The topological polar surface area (TPSA) is 72.6 Å². The molecule has 0 aliphatic carbocycles. The number of hydrogen-bond donors (Lipinski definition) is 1. The van der Waals surface area contributed by atoms with Gasteiger partial charge in [-0.2, -0.15) is 0 Å². The van der Waals surface area contributed by atoms with Crippen molar-refractivity contribution < 1.29 is 14.3 Å². The third-order valence-electron chi connectivity index (χ3n) is 1.99. The van der Waals surface area contributed by atoms with Crippen LogP contribution in [0.4, 0.5) is 0 Å². The number of esters is 1. The maximum Gasteiger partial charge on any atom is 0.332 e. The Bertz CT molecular complexity index is 219. The lowest BCUT2D eigenvalue weighted by Gasteiger charge is -2.22. The molecule has 15 heavy (non-hydrogen) atoms. The summed E-state index contributed by atoms with van der Waals surface area (Å²) in [5.74, 6) is -1.02. The molecular formula is C10H20N2O3. The lowest BCUT2D eigenvalue weighted by atomic mass is 10.2. The van der Waals surface area contributed by atoms with E-state index in [2.05, 4.69) is 4.74 Å². The molecule has 1 atom stereocenters. The Kier molecular flexibility index (Phi) is 6.70. The molecule has 1 unspecified atom stereocenters. The Morgan fingerprint density at radius 3 is 2.33 bits per heavy atom. The third-order valence-corrected chi connectivity index (χ3v) is 1.99. The number of amides is 1. The third kappa shape index (κ3) is 4.29. The Morgan fingerprint density at radius 1 is 1.33 bits per heavy atom. The van der Waals surface area contributed by atoms with Gasteiger partial charge in [0.25, 0.3) is 5.91 Å². The summed E-state index contributed by atoms with van der Waals surface area (Å²) in [6.07, 6.45) is 0.842. The zero-order valence-corrected chi connectivity index (χ0v) is 9.66. The molecule has 0 radical (unpaired) electrons. The molecule has 0 fully saturated rings. The molecule has 5 heteroatoms. The second kappa shape index (κ2) is 7.23. The van der Waals surface area contributed by atoms with E-state index in [-0.39, 0.29) is 12.5 Å². The number of likely N-dealkylation sites (N-methyl/N-ethyl adjacent to an activating group) is 1. The highest BCUT2D eigenvalue weighted by Crippen LogP contribution is 1.97. The van der Waals surface area contributed by atoms with E-state index in [1.54, 1.807) is 11.8 Å². The molecular weight excluding hydrogens is 196 g/mol. The maximum atomic E-state index is 11.7. The predicted molar refractivity (Wildman–Crippen MR) is 57.2 cm³/mol. The van der Waals surface area contributed by atoms with Gasteiger partial charge in [-0.3, -0.25) is 4.79 Å². The van der Waals surface area contributed by atoms with Crippen LogP contribution in [0.2, 0.25) is 0 Å². The van der Waals surface area contributed by atoms with Crippen LogP contribution >= 0.6 is 0 Å². The zero-order chi connectivity index (χ0) is 11.8. The summed E-state index contributed by atoms with van der Waals surface area (Å²) in [7, 11) is 0. The second-order valence-corrected chi connectivity index (χ2v) is 3.15. The van der Waals surface area contributed by atoms with Gasteiger partial charge in [-0.15, -0.1) is 0 Å². The van der Waals surface area contributed by atoms with Gasteiger partial charge in [0.1, 0.15) is 0 Å². The minimum Gasteiger partial charge on any atom is -0.464 e. The number of hydrogen-bond acceptors (Lipinski definition) is 4. The quantitative estimate of drug-likeness (QED) is 0.506. The van der Waals surface area contributed by atoms with E-state index in [4.69, 9.17) is 5.73 Å². The summed E-state index contributed by atoms with van der Waals surface area (Å²) >= 11 is 0. The fourth-order valence-corrected chi connectivity index (χ4v) is 1.22. The molecule has 0 aliphatic heterocycles. The van der Waals surface area contributed by atoms with E-state index in [1.165, 1.54) is 0 Å². The van der Waals surface area contributed by atoms with Gasteiger partial charge in [-0.25, -0.2) is 4.79 Å². The van der Waals surface area contributed by atoms with Gasteiger partial charge in [0.05, 0.1) is 6.61 Å². The van der Waals surface area contributed by atoms with Crippen LogP contribution < -0.4 is 5.73 Å². The number of rotatable bonds is 6. The molecule has 0 saturated carbocycles. The lowest BCUT2D eigenvalue weighted by molar-refractivity contribution is -0.150. The fraction of sp³-hybridized carbons (Fsp3) is 0.800. The van der Waals surface area contributed by atoms with Gasteiger partial charge >= 0.3 is 5.97 Å². The molecule has 1 amide bonds. The first-order valence-electron chi connectivity index (χ1n) is 5.29. The molecule has 0 aromatic carbocycles. The minimum absolute atomic E-state index is 0.236. The molecule has 0 rings (SSSR count). The van der Waals surface area contributed by atoms with Crippen molar-refractivity contribution in [1.82, 2.24) is 4.90 Å². The van der Waals surface area contributed by atoms with Crippen LogP contribution in [-0.4, -0.2) is 42.5 Å². The highest BCUT2D eigenvalue weighted by Gasteiger charge is 2.26. The van der Waals surface area contributed by atoms with Crippen LogP contribution in [0.5, 0.6) is 0 Å². The van der Waals surface area contributed by atoms with Gasteiger partial charge in [-0.05, 0) is 20.3 Å². The van der Waals surface area contributed by atoms with Crippen molar-refractivity contribution in [3.8, 4) is 0 Å². The van der Waals surface area contributed by atoms with Crippen molar-refractivity contribution in [2.24, 2.45) is 5.73 Å². The number of ether oxygens (including phenoxy) is 1. The first kappa shape index (κ1) is 13.9. The van der Waals surface area contributed by atoms with Crippen LogP contribution in [0.15, 0.2) is 0 Å². The molecule has 0 aliphatic rings. The van der Waals surface area contributed by atoms with Crippen molar-refractivity contribution in [3.05, 3.63) is 0 Å². The standard InChI is InChI=1S/C10H20N2O3/c1-4-7-12(5-2)9(13)8(11)10(14)15-6-3/h8H,4-7,11H2,1-3H3. The molecule has 2 N–H and O–H groups in total. The summed E-state index contributed by atoms with van der Waals surface area (Å²) in [6, 6.07) is -1.18. The molecule has 0 aromatic heterocycles. The van der Waals surface area contributed by atoms with Crippen molar-refractivity contribution >= 4 is 11.9 Å². The SMILES string of the molecule is CCCN(CC)C(=O)C(N)C(=O)OCC. The van der Waals surface area contributed by atoms with Crippen LogP contribution in [0.1, 0.15) is 27.2 Å². The van der Waals surface area contributed by atoms with Gasteiger partial charge in [0, 0.05) is 13.1 Å². The fourth-order valence-electron chi connectivity index (χ4n) is 1.22. The number of nitrogens with zero attached hydrogens (tertiary/aromatic N) is 1. The summed E-state index contributed by atoms with van der Waals surface area (Å²) in [5.41, 5.74) is 5.49. The first-order valence-corrected chi connectivity index (χ1v) is 5.29. The average Bonchev–Trinajstić information content (AvgIpc) is 2.24. The van der Waals surface area contributed by atoms with Crippen LogP contribution in [-0.2, 0) is 14.3 Å². The summed E-state index contributed by atoms with van der Waals surface area (Å²) < 4.78 is 4.69. The molecule has 0 saturated heterocycles. The summed E-state index contributed by atoms with van der Waals surface area (Å²) in [5, 5.41) is 0. The van der Waals surface area contributed by atoms with Crippen molar-refractivity contribution in [2.75, 3.05) is 19.7 Å². The van der Waals surface area contributed by atoms with Gasteiger partial charge in [0.2, 0.25) is 0 Å². The number of carbonyl (C=O) groups excluding carboxylic acids is 2. The van der Waals surface area contributed by atoms with Gasteiger partial charge in [-0.1, -0.05) is 6.92 Å². The van der Waals surface area contributed by atoms with E-state index >= 15 is 0 Å². The maximum absolute atomic E-state index is 11.7. The molecule has 0 aromatic rings. The van der Waals surface area contributed by atoms with Crippen molar-refractivity contribution in [3.63, 3.8) is 0 Å². The molecule has 0 bridgehead atoms. The Morgan fingerprint density at radius 2 is 1.93 bits per heavy atom. The van der Waals surface area contributed by atoms with E-state index in [0.29, 0.717) is 13.1 Å². The highest BCUT2D eigenvalue weighted by molar-refractivity contribution is 6.01. The Balaban J connectivity index is 4.33. The lowest BCUT2D eigenvalue weighted by Crippen LogP contribution is -2.49. The average molecular weight is 216 g/mol. The van der Waals surface area contributed by atoms with Crippen LogP contribution in [0.3, 0.4) is 0 Å². The molecule has 5 nitrogen and oxygen atoms in total. The monoisotopic (exact) mass is 216 g/mol. The molecule has 0 spiro atoms.